The molecule has 7 heteroatoms. The molecule has 25 heavy (non-hydrogen) atoms. The molecule has 2 atom stereocenters. The van der Waals surface area contributed by atoms with E-state index in [0.717, 1.165) is 31.4 Å². The number of rotatable bonds is 6. The van der Waals surface area contributed by atoms with Gasteiger partial charge in [0.05, 0.1) is 17.7 Å². The smallest absolute Gasteiger partial charge is 0.240 e. The molecule has 0 radical (unpaired) electrons. The lowest BCUT2D eigenvalue weighted by Gasteiger charge is -2.37. The average Bonchev–Trinajstić information content (AvgIpc) is 3.08. The van der Waals surface area contributed by atoms with Crippen molar-refractivity contribution in [2.75, 3.05) is 7.05 Å². The molecule has 3 rings (SSSR count). The van der Waals surface area contributed by atoms with Gasteiger partial charge in [0.15, 0.2) is 0 Å². The number of nitrogens with one attached hydrogen (secondary N) is 1. The van der Waals surface area contributed by atoms with Gasteiger partial charge in [-0.3, -0.25) is 4.90 Å². The minimum atomic E-state index is -3.56. The molecule has 1 aromatic heterocycles. The van der Waals surface area contributed by atoms with E-state index < -0.39 is 10.0 Å². The van der Waals surface area contributed by atoms with Gasteiger partial charge in [0, 0.05) is 17.1 Å². The maximum absolute atomic E-state index is 12.7. The normalized spacial score (nSPS) is 21.6. The SMILES string of the molecule is CN(Cc1ccco1)[C@H]1CCCC[C@@H]1NS(=O)(=O)c1ccc(Cl)cc1. The standard InChI is InChI=1S/C18H23ClN2O3S/c1-21(13-15-5-4-12-24-15)18-7-3-2-6-17(18)20-25(22,23)16-10-8-14(19)9-11-16/h4-5,8-12,17-18,20H,2-3,6-7,13H2,1H3/t17-,18-/m0/s1. The molecule has 1 aliphatic carbocycles. The third kappa shape index (κ3) is 4.64. The lowest BCUT2D eigenvalue weighted by atomic mass is 9.90. The Hall–Kier alpha value is -1.34. The van der Waals surface area contributed by atoms with Crippen LogP contribution in [-0.4, -0.2) is 32.4 Å². The second kappa shape index (κ2) is 7.91. The van der Waals surface area contributed by atoms with Gasteiger partial charge < -0.3 is 4.42 Å². The van der Waals surface area contributed by atoms with E-state index in [1.165, 1.54) is 12.1 Å². The molecular formula is C18H23ClN2O3S. The number of halogens is 1. The zero-order chi connectivity index (χ0) is 17.9. The van der Waals surface area contributed by atoms with Crippen molar-refractivity contribution in [1.82, 2.24) is 9.62 Å². The van der Waals surface area contributed by atoms with Crippen LogP contribution in [0.1, 0.15) is 31.4 Å². The van der Waals surface area contributed by atoms with Crippen LogP contribution in [0.3, 0.4) is 0 Å². The van der Waals surface area contributed by atoms with Crippen LogP contribution in [0, 0.1) is 0 Å². The van der Waals surface area contributed by atoms with Crippen molar-refractivity contribution in [2.45, 2.75) is 49.2 Å². The van der Waals surface area contributed by atoms with Crippen LogP contribution >= 0.6 is 11.6 Å². The Kier molecular flexibility index (Phi) is 5.84. The summed E-state index contributed by atoms with van der Waals surface area (Å²) < 4.78 is 33.7. The third-order valence-corrected chi connectivity index (χ3v) is 6.47. The summed E-state index contributed by atoms with van der Waals surface area (Å²) in [7, 11) is -1.55. The topological polar surface area (TPSA) is 62.6 Å². The Morgan fingerprint density at radius 1 is 1.20 bits per heavy atom. The van der Waals surface area contributed by atoms with Gasteiger partial charge in [-0.15, -0.1) is 0 Å². The summed E-state index contributed by atoms with van der Waals surface area (Å²) in [5, 5.41) is 0.521. The Bertz CT molecular complexity index is 775. The monoisotopic (exact) mass is 382 g/mol. The van der Waals surface area contributed by atoms with Crippen molar-refractivity contribution in [3.05, 3.63) is 53.4 Å². The van der Waals surface area contributed by atoms with E-state index in [2.05, 4.69) is 9.62 Å². The predicted molar refractivity (Wildman–Crippen MR) is 98.0 cm³/mol. The second-order valence-corrected chi connectivity index (χ2v) is 8.68. The van der Waals surface area contributed by atoms with Crippen LogP contribution < -0.4 is 4.72 Å². The van der Waals surface area contributed by atoms with Gasteiger partial charge in [0.2, 0.25) is 10.0 Å². The highest BCUT2D eigenvalue weighted by Crippen LogP contribution is 2.25. The van der Waals surface area contributed by atoms with Gasteiger partial charge in [0.1, 0.15) is 5.76 Å². The van der Waals surface area contributed by atoms with Crippen LogP contribution in [-0.2, 0) is 16.6 Å². The van der Waals surface area contributed by atoms with Gasteiger partial charge in [-0.05, 0) is 56.3 Å². The molecule has 1 aliphatic rings. The van der Waals surface area contributed by atoms with Crippen LogP contribution in [0.25, 0.3) is 0 Å². The summed E-state index contributed by atoms with van der Waals surface area (Å²) in [6.45, 7) is 0.664. The summed E-state index contributed by atoms with van der Waals surface area (Å²) in [6.07, 6.45) is 5.58. The van der Waals surface area contributed by atoms with E-state index >= 15 is 0 Å². The maximum Gasteiger partial charge on any atom is 0.240 e. The van der Waals surface area contributed by atoms with Crippen molar-refractivity contribution >= 4 is 21.6 Å². The Balaban J connectivity index is 1.73. The molecule has 1 heterocycles. The van der Waals surface area contributed by atoms with Crippen molar-refractivity contribution in [3.8, 4) is 0 Å². The molecule has 0 spiro atoms. The van der Waals surface area contributed by atoms with E-state index in [0.29, 0.717) is 11.6 Å². The first-order valence-electron chi connectivity index (χ1n) is 8.46. The van der Waals surface area contributed by atoms with E-state index in [-0.39, 0.29) is 17.0 Å². The molecule has 0 amide bonds. The molecule has 136 valence electrons. The molecule has 1 saturated carbocycles. The van der Waals surface area contributed by atoms with Crippen molar-refractivity contribution in [3.63, 3.8) is 0 Å². The summed E-state index contributed by atoms with van der Waals surface area (Å²) in [5.41, 5.74) is 0. The molecule has 1 fully saturated rings. The van der Waals surface area contributed by atoms with E-state index in [1.807, 2.05) is 19.2 Å². The molecular weight excluding hydrogens is 360 g/mol. The first-order valence-corrected chi connectivity index (χ1v) is 10.3. The number of nitrogens with zero attached hydrogens (tertiary/aromatic N) is 1. The quantitative estimate of drug-likeness (QED) is 0.828. The van der Waals surface area contributed by atoms with Crippen LogP contribution in [0.15, 0.2) is 52.0 Å². The largest absolute Gasteiger partial charge is 0.468 e. The number of benzene rings is 1. The molecule has 0 saturated heterocycles. The van der Waals surface area contributed by atoms with Gasteiger partial charge in [-0.1, -0.05) is 24.4 Å². The number of likely N-dealkylation sites (N-methyl/N-ethyl adjacent to an activating group) is 1. The van der Waals surface area contributed by atoms with Gasteiger partial charge in [0.25, 0.3) is 0 Å². The lowest BCUT2D eigenvalue weighted by Crippen LogP contribution is -2.51. The predicted octanol–water partition coefficient (Wildman–Crippen LogP) is 3.65. The van der Waals surface area contributed by atoms with Gasteiger partial charge in [-0.25, -0.2) is 13.1 Å². The fraction of sp³-hybridized carbons (Fsp3) is 0.444. The first-order chi connectivity index (χ1) is 12.0. The molecule has 0 bridgehead atoms. The first kappa shape index (κ1) is 18.5. The number of hydrogen-bond acceptors (Lipinski definition) is 4. The molecule has 0 aliphatic heterocycles. The van der Waals surface area contributed by atoms with Gasteiger partial charge in [-0.2, -0.15) is 0 Å². The Labute approximate surface area is 154 Å². The minimum absolute atomic E-state index is 0.116. The fourth-order valence-corrected chi connectivity index (χ4v) is 4.85. The highest BCUT2D eigenvalue weighted by atomic mass is 35.5. The fourth-order valence-electron chi connectivity index (χ4n) is 3.42. The number of furan rings is 1. The Morgan fingerprint density at radius 3 is 2.60 bits per heavy atom. The Morgan fingerprint density at radius 2 is 1.92 bits per heavy atom. The molecule has 2 aromatic rings. The summed E-state index contributed by atoms with van der Waals surface area (Å²) in [5.74, 6) is 0.882. The summed E-state index contributed by atoms with van der Waals surface area (Å²) in [6, 6.07) is 10.1. The molecule has 1 N–H and O–H groups in total. The molecule has 5 nitrogen and oxygen atoms in total. The summed E-state index contributed by atoms with van der Waals surface area (Å²) >= 11 is 5.86. The van der Waals surface area contributed by atoms with E-state index in [9.17, 15) is 8.42 Å². The van der Waals surface area contributed by atoms with E-state index in [4.69, 9.17) is 16.0 Å². The maximum atomic E-state index is 12.7. The van der Waals surface area contributed by atoms with Crippen LogP contribution in [0.5, 0.6) is 0 Å². The van der Waals surface area contributed by atoms with Crippen molar-refractivity contribution in [2.24, 2.45) is 0 Å². The highest BCUT2D eigenvalue weighted by molar-refractivity contribution is 7.89. The zero-order valence-electron chi connectivity index (χ0n) is 14.2. The molecule has 0 unspecified atom stereocenters. The average molecular weight is 383 g/mol. The number of sulfonamides is 1. The second-order valence-electron chi connectivity index (χ2n) is 6.53. The summed E-state index contributed by atoms with van der Waals surface area (Å²) in [4.78, 5) is 2.42. The van der Waals surface area contributed by atoms with E-state index in [1.54, 1.807) is 18.4 Å². The van der Waals surface area contributed by atoms with Crippen LogP contribution in [0.4, 0.5) is 0 Å². The third-order valence-electron chi connectivity index (χ3n) is 4.71. The van der Waals surface area contributed by atoms with Gasteiger partial charge >= 0.3 is 0 Å². The highest BCUT2D eigenvalue weighted by Gasteiger charge is 2.32. The minimum Gasteiger partial charge on any atom is -0.468 e. The lowest BCUT2D eigenvalue weighted by molar-refractivity contribution is 0.145. The molecule has 1 aromatic carbocycles. The number of hydrogen-bond donors (Lipinski definition) is 1. The van der Waals surface area contributed by atoms with Crippen molar-refractivity contribution in [1.29, 1.82) is 0 Å². The van der Waals surface area contributed by atoms with Crippen molar-refractivity contribution < 1.29 is 12.8 Å². The van der Waals surface area contributed by atoms with Crippen LogP contribution in [0.2, 0.25) is 5.02 Å². The zero-order valence-corrected chi connectivity index (χ0v) is 15.8.